The Bertz CT molecular complexity index is 420. The van der Waals surface area contributed by atoms with Crippen LogP contribution in [0.5, 0.6) is 5.75 Å². The predicted molar refractivity (Wildman–Crippen MR) is 66.0 cm³/mol. The van der Waals surface area contributed by atoms with E-state index in [9.17, 15) is 4.79 Å². The molecule has 2 atom stereocenters. The van der Waals surface area contributed by atoms with E-state index in [4.69, 9.17) is 10.5 Å². The van der Waals surface area contributed by atoms with Crippen molar-refractivity contribution >= 4 is 5.91 Å². The van der Waals surface area contributed by atoms with E-state index in [0.717, 1.165) is 11.3 Å². The Morgan fingerprint density at radius 1 is 1.59 bits per heavy atom. The van der Waals surface area contributed by atoms with Crippen LogP contribution < -0.4 is 10.5 Å². The number of benzene rings is 1. The van der Waals surface area contributed by atoms with Gasteiger partial charge in [-0.15, -0.1) is 0 Å². The third kappa shape index (κ3) is 2.13. The molecule has 1 aromatic carbocycles. The molecule has 4 nitrogen and oxygen atoms in total. The summed E-state index contributed by atoms with van der Waals surface area (Å²) < 4.78 is 5.52. The lowest BCUT2D eigenvalue weighted by Gasteiger charge is -2.26. The van der Waals surface area contributed by atoms with Gasteiger partial charge < -0.3 is 15.4 Å². The van der Waals surface area contributed by atoms with Crippen molar-refractivity contribution in [1.29, 1.82) is 0 Å². The first-order valence-corrected chi connectivity index (χ1v) is 5.83. The Hall–Kier alpha value is -1.55. The monoisotopic (exact) mass is 234 g/mol. The maximum absolute atomic E-state index is 12.3. The molecule has 2 N–H and O–H groups in total. The molecule has 17 heavy (non-hydrogen) atoms. The number of likely N-dealkylation sites (N-methyl/N-ethyl adjacent to an activating group) is 1. The highest BCUT2D eigenvalue weighted by Gasteiger charge is 2.32. The number of carbonyl (C=O) groups is 1. The Morgan fingerprint density at radius 3 is 3.00 bits per heavy atom. The van der Waals surface area contributed by atoms with Crippen LogP contribution in [0.25, 0.3) is 0 Å². The minimum absolute atomic E-state index is 0.0512. The van der Waals surface area contributed by atoms with Crippen molar-refractivity contribution in [3.8, 4) is 5.75 Å². The van der Waals surface area contributed by atoms with Crippen LogP contribution in [0, 0.1) is 0 Å². The van der Waals surface area contributed by atoms with Crippen LogP contribution in [-0.4, -0.2) is 37.0 Å². The van der Waals surface area contributed by atoms with Gasteiger partial charge in [-0.2, -0.15) is 0 Å². The minimum Gasteiger partial charge on any atom is -0.492 e. The molecule has 0 aromatic heterocycles. The molecule has 4 heteroatoms. The molecule has 1 aliphatic heterocycles. The van der Waals surface area contributed by atoms with Crippen LogP contribution >= 0.6 is 0 Å². The number of para-hydroxylation sites is 1. The molecule has 1 aliphatic rings. The van der Waals surface area contributed by atoms with E-state index >= 15 is 0 Å². The number of nitrogens with zero attached hydrogens (tertiary/aromatic N) is 1. The first-order valence-electron chi connectivity index (χ1n) is 5.83. The number of ether oxygens (including phenoxy) is 1. The molecule has 1 aromatic rings. The van der Waals surface area contributed by atoms with Crippen molar-refractivity contribution in [2.24, 2.45) is 5.73 Å². The maximum Gasteiger partial charge on any atom is 0.233 e. The molecule has 0 saturated carbocycles. The fourth-order valence-electron chi connectivity index (χ4n) is 1.99. The molecule has 1 amide bonds. The fourth-order valence-corrected chi connectivity index (χ4v) is 1.99. The van der Waals surface area contributed by atoms with Crippen LogP contribution in [0.4, 0.5) is 0 Å². The molecule has 92 valence electrons. The summed E-state index contributed by atoms with van der Waals surface area (Å²) in [6.07, 6.45) is 0. The van der Waals surface area contributed by atoms with Crippen LogP contribution in [0.15, 0.2) is 24.3 Å². The highest BCUT2D eigenvalue weighted by molar-refractivity contribution is 5.85. The normalized spacial score (nSPS) is 19.4. The Morgan fingerprint density at radius 2 is 2.29 bits per heavy atom. The van der Waals surface area contributed by atoms with Gasteiger partial charge in [0.05, 0.1) is 0 Å². The number of fused-ring (bicyclic) bond motifs is 1. The average molecular weight is 234 g/mol. The standard InChI is InChI=1S/C13H18N2O2/c1-9(7-14)15(2)13(16)11-8-17-12-6-4-3-5-10(11)12/h3-6,9,11H,7-8,14H2,1-2H3. The number of carbonyl (C=O) groups excluding carboxylic acids is 1. The lowest BCUT2D eigenvalue weighted by Crippen LogP contribution is -2.42. The van der Waals surface area contributed by atoms with Crippen molar-refractivity contribution in [3.05, 3.63) is 29.8 Å². The molecular formula is C13H18N2O2. The second kappa shape index (κ2) is 4.75. The Labute approximate surface area is 101 Å². The topological polar surface area (TPSA) is 55.6 Å². The summed E-state index contributed by atoms with van der Waals surface area (Å²) in [7, 11) is 1.79. The van der Waals surface area contributed by atoms with Crippen LogP contribution in [0.1, 0.15) is 18.4 Å². The smallest absolute Gasteiger partial charge is 0.233 e. The van der Waals surface area contributed by atoms with Crippen LogP contribution in [-0.2, 0) is 4.79 Å². The van der Waals surface area contributed by atoms with Gasteiger partial charge in [-0.05, 0) is 13.0 Å². The van der Waals surface area contributed by atoms with Gasteiger partial charge >= 0.3 is 0 Å². The van der Waals surface area contributed by atoms with Gasteiger partial charge in [0.15, 0.2) is 0 Å². The summed E-state index contributed by atoms with van der Waals surface area (Å²) >= 11 is 0. The van der Waals surface area contributed by atoms with E-state index in [1.165, 1.54) is 0 Å². The quantitative estimate of drug-likeness (QED) is 0.847. The molecule has 0 fully saturated rings. The molecule has 2 unspecified atom stereocenters. The first-order chi connectivity index (χ1) is 8.15. The summed E-state index contributed by atoms with van der Waals surface area (Å²) in [6.45, 7) is 2.84. The minimum atomic E-state index is -0.190. The van der Waals surface area contributed by atoms with Gasteiger partial charge in [-0.1, -0.05) is 18.2 Å². The molecule has 0 radical (unpaired) electrons. The lowest BCUT2D eigenvalue weighted by molar-refractivity contribution is -0.133. The number of rotatable bonds is 3. The zero-order valence-electron chi connectivity index (χ0n) is 10.2. The van der Waals surface area contributed by atoms with Crippen molar-refractivity contribution in [1.82, 2.24) is 4.90 Å². The number of hydrogen-bond acceptors (Lipinski definition) is 3. The molecule has 0 saturated heterocycles. The zero-order chi connectivity index (χ0) is 12.4. The van der Waals surface area contributed by atoms with Gasteiger partial charge in [0.2, 0.25) is 5.91 Å². The second-order valence-electron chi connectivity index (χ2n) is 4.44. The molecule has 1 heterocycles. The van der Waals surface area contributed by atoms with E-state index in [2.05, 4.69) is 0 Å². The van der Waals surface area contributed by atoms with Gasteiger partial charge in [-0.3, -0.25) is 4.79 Å². The van der Waals surface area contributed by atoms with E-state index in [1.807, 2.05) is 31.2 Å². The van der Waals surface area contributed by atoms with Gasteiger partial charge in [0.1, 0.15) is 18.3 Å². The largest absolute Gasteiger partial charge is 0.492 e. The molecule has 2 rings (SSSR count). The maximum atomic E-state index is 12.3. The van der Waals surface area contributed by atoms with E-state index in [1.54, 1.807) is 11.9 Å². The summed E-state index contributed by atoms with van der Waals surface area (Å²) in [4.78, 5) is 14.0. The van der Waals surface area contributed by atoms with Gasteiger partial charge in [0.25, 0.3) is 0 Å². The number of hydrogen-bond donors (Lipinski definition) is 1. The van der Waals surface area contributed by atoms with Crippen LogP contribution in [0.3, 0.4) is 0 Å². The van der Waals surface area contributed by atoms with Gasteiger partial charge in [-0.25, -0.2) is 0 Å². The van der Waals surface area contributed by atoms with E-state index in [-0.39, 0.29) is 17.9 Å². The Balaban J connectivity index is 2.18. The number of nitrogens with two attached hydrogens (primary N) is 1. The van der Waals surface area contributed by atoms with E-state index in [0.29, 0.717) is 13.2 Å². The SMILES string of the molecule is CC(CN)N(C)C(=O)C1COc2ccccc21. The lowest BCUT2D eigenvalue weighted by atomic mass is 9.99. The molecule has 0 spiro atoms. The van der Waals surface area contributed by atoms with Crippen molar-refractivity contribution in [2.45, 2.75) is 18.9 Å². The molecule has 0 bridgehead atoms. The number of amides is 1. The second-order valence-corrected chi connectivity index (χ2v) is 4.44. The summed E-state index contributed by atoms with van der Waals surface area (Å²) in [5.74, 6) is 0.706. The third-order valence-electron chi connectivity index (χ3n) is 3.35. The Kier molecular flexibility index (Phi) is 3.33. The highest BCUT2D eigenvalue weighted by Crippen LogP contribution is 2.34. The highest BCUT2D eigenvalue weighted by atomic mass is 16.5. The molecule has 0 aliphatic carbocycles. The van der Waals surface area contributed by atoms with Gasteiger partial charge in [0, 0.05) is 25.2 Å². The summed E-state index contributed by atoms with van der Waals surface area (Å²) in [5, 5.41) is 0. The zero-order valence-corrected chi connectivity index (χ0v) is 10.2. The van der Waals surface area contributed by atoms with Crippen molar-refractivity contribution in [3.63, 3.8) is 0 Å². The molecular weight excluding hydrogens is 216 g/mol. The first kappa shape index (κ1) is 11.9. The van der Waals surface area contributed by atoms with Crippen molar-refractivity contribution in [2.75, 3.05) is 20.2 Å². The van der Waals surface area contributed by atoms with Crippen LogP contribution in [0.2, 0.25) is 0 Å². The fraction of sp³-hybridized carbons (Fsp3) is 0.462. The average Bonchev–Trinajstić information content (AvgIpc) is 2.79. The van der Waals surface area contributed by atoms with E-state index < -0.39 is 0 Å². The summed E-state index contributed by atoms with van der Waals surface area (Å²) in [5.41, 5.74) is 6.56. The van der Waals surface area contributed by atoms with Crippen molar-refractivity contribution < 1.29 is 9.53 Å². The summed E-state index contributed by atoms with van der Waals surface area (Å²) in [6, 6.07) is 7.74. The third-order valence-corrected chi connectivity index (χ3v) is 3.35. The predicted octanol–water partition coefficient (Wildman–Crippen LogP) is 0.968.